The van der Waals surface area contributed by atoms with Crippen molar-refractivity contribution in [1.29, 1.82) is 0 Å². The summed E-state index contributed by atoms with van der Waals surface area (Å²) in [6.07, 6.45) is 1.21. The van der Waals surface area contributed by atoms with Crippen molar-refractivity contribution in [2.45, 2.75) is 32.7 Å². The summed E-state index contributed by atoms with van der Waals surface area (Å²) in [6, 6.07) is 1.86. The first kappa shape index (κ1) is 16.4. The lowest BCUT2D eigenvalue weighted by Crippen LogP contribution is -2.50. The Morgan fingerprint density at radius 2 is 2.10 bits per heavy atom. The summed E-state index contributed by atoms with van der Waals surface area (Å²) < 4.78 is 25.9. The molecule has 0 aliphatic carbocycles. The lowest BCUT2D eigenvalue weighted by molar-refractivity contribution is 0.0749. The second-order valence-corrected chi connectivity index (χ2v) is 8.74. The van der Waals surface area contributed by atoms with Crippen LogP contribution < -0.4 is 0 Å². The van der Waals surface area contributed by atoms with Gasteiger partial charge in [-0.25, -0.2) is 8.42 Å². The fourth-order valence-corrected chi connectivity index (χ4v) is 5.64. The first-order valence-corrected chi connectivity index (χ1v) is 10.1. The van der Waals surface area contributed by atoms with Crippen LogP contribution in [0.2, 0.25) is 0 Å². The van der Waals surface area contributed by atoms with Crippen LogP contribution in [-0.4, -0.2) is 53.5 Å². The molecule has 7 heteroatoms. The fraction of sp³-hybridized carbons (Fsp3) is 0.643. The van der Waals surface area contributed by atoms with E-state index in [0.717, 1.165) is 23.7 Å². The van der Waals surface area contributed by atoms with E-state index in [1.807, 2.05) is 26.8 Å². The van der Waals surface area contributed by atoms with E-state index in [1.54, 1.807) is 11.8 Å². The predicted molar refractivity (Wildman–Crippen MR) is 86.6 cm³/mol. The second kappa shape index (κ2) is 6.04. The molecule has 1 aromatic rings. The Bertz CT molecular complexity index is 649. The van der Waals surface area contributed by atoms with Crippen molar-refractivity contribution in [3.63, 3.8) is 0 Å². The summed E-state index contributed by atoms with van der Waals surface area (Å²) in [6.45, 7) is 7.20. The van der Waals surface area contributed by atoms with Gasteiger partial charge in [0.05, 0.1) is 5.56 Å². The number of carbonyl (C=O) groups excluding carboxylic acids is 1. The zero-order chi connectivity index (χ0) is 15.8. The van der Waals surface area contributed by atoms with Crippen LogP contribution in [0.3, 0.4) is 0 Å². The van der Waals surface area contributed by atoms with Crippen LogP contribution in [-0.2, 0) is 16.4 Å². The minimum atomic E-state index is -3.27. The van der Waals surface area contributed by atoms with Crippen LogP contribution in [0.4, 0.5) is 0 Å². The Hall–Kier alpha value is -0.950. The molecule has 0 saturated carbocycles. The highest BCUT2D eigenvalue weighted by atomic mass is 32.2. The monoisotopic (exact) mass is 330 g/mol. The number of aromatic nitrogens is 1. The summed E-state index contributed by atoms with van der Waals surface area (Å²) in [5, 5.41) is -0.714. The first-order chi connectivity index (χ1) is 9.77. The molecule has 0 bridgehead atoms. The van der Waals surface area contributed by atoms with E-state index >= 15 is 0 Å². The average molecular weight is 330 g/mol. The van der Waals surface area contributed by atoms with Gasteiger partial charge in [-0.3, -0.25) is 4.79 Å². The number of aryl methyl sites for hydroxylation is 1. The Morgan fingerprint density at radius 1 is 1.43 bits per heavy atom. The molecule has 0 N–H and O–H groups in total. The summed E-state index contributed by atoms with van der Waals surface area (Å²) in [5.74, 6) is 1.07. The Kier molecular flexibility index (Phi) is 4.72. The number of nitrogens with zero attached hydrogens (tertiary/aromatic N) is 2. The summed E-state index contributed by atoms with van der Waals surface area (Å²) in [5.41, 5.74) is 2.56. The molecule has 0 aromatic carbocycles. The largest absolute Gasteiger partial charge is 0.349 e. The smallest absolute Gasteiger partial charge is 0.256 e. The van der Waals surface area contributed by atoms with Crippen LogP contribution in [0.25, 0.3) is 0 Å². The highest BCUT2D eigenvalue weighted by Crippen LogP contribution is 2.24. The SMILES string of the molecule is CCn1c(C)cc(C(=O)N2CCSC[C@@H]2S(C)(=O)=O)c1C. The van der Waals surface area contributed by atoms with Crippen LogP contribution in [0, 0.1) is 13.8 Å². The summed E-state index contributed by atoms with van der Waals surface area (Å²) in [4.78, 5) is 14.3. The van der Waals surface area contributed by atoms with E-state index < -0.39 is 15.2 Å². The first-order valence-electron chi connectivity index (χ1n) is 7.01. The van der Waals surface area contributed by atoms with E-state index in [0.29, 0.717) is 17.9 Å². The highest BCUT2D eigenvalue weighted by Gasteiger charge is 2.35. The molecule has 0 unspecified atom stereocenters. The zero-order valence-corrected chi connectivity index (χ0v) is 14.6. The molecular weight excluding hydrogens is 308 g/mol. The van der Waals surface area contributed by atoms with Gasteiger partial charge >= 0.3 is 0 Å². The number of rotatable bonds is 3. The van der Waals surface area contributed by atoms with Crippen molar-refractivity contribution in [3.8, 4) is 0 Å². The number of amides is 1. The molecule has 1 aliphatic rings. The molecule has 2 rings (SSSR count). The Balaban J connectivity index is 2.38. The third-order valence-corrected chi connectivity index (χ3v) is 6.60. The van der Waals surface area contributed by atoms with Gasteiger partial charge < -0.3 is 9.47 Å². The minimum Gasteiger partial charge on any atom is -0.349 e. The van der Waals surface area contributed by atoms with E-state index in [-0.39, 0.29) is 5.91 Å². The number of carbonyl (C=O) groups is 1. The van der Waals surface area contributed by atoms with E-state index in [4.69, 9.17) is 0 Å². The van der Waals surface area contributed by atoms with E-state index in [9.17, 15) is 13.2 Å². The van der Waals surface area contributed by atoms with Crippen LogP contribution in [0.5, 0.6) is 0 Å². The van der Waals surface area contributed by atoms with Crippen molar-refractivity contribution in [2.24, 2.45) is 0 Å². The Morgan fingerprint density at radius 3 is 2.62 bits per heavy atom. The molecule has 1 saturated heterocycles. The second-order valence-electron chi connectivity index (χ2n) is 5.39. The molecule has 1 amide bonds. The van der Waals surface area contributed by atoms with Crippen molar-refractivity contribution >= 4 is 27.5 Å². The molecule has 1 aromatic heterocycles. The van der Waals surface area contributed by atoms with Crippen molar-refractivity contribution in [2.75, 3.05) is 24.3 Å². The molecule has 1 atom stereocenters. The number of hydrogen-bond donors (Lipinski definition) is 0. The number of hydrogen-bond acceptors (Lipinski definition) is 4. The van der Waals surface area contributed by atoms with Gasteiger partial charge in [-0.05, 0) is 26.8 Å². The minimum absolute atomic E-state index is 0.168. The molecule has 1 fully saturated rings. The standard InChI is InChI=1S/C14H22N2O3S2/c1-5-15-10(2)8-12(11(15)3)14(17)16-6-7-20-9-13(16)21(4,18)19/h8,13H,5-7,9H2,1-4H3/t13-/m0/s1. The molecule has 2 heterocycles. The van der Waals surface area contributed by atoms with Crippen molar-refractivity contribution < 1.29 is 13.2 Å². The number of thioether (sulfide) groups is 1. The van der Waals surface area contributed by atoms with Gasteiger partial charge in [0, 0.05) is 42.2 Å². The third kappa shape index (κ3) is 3.13. The molecule has 0 spiro atoms. The average Bonchev–Trinajstić information content (AvgIpc) is 2.71. The third-order valence-electron chi connectivity index (χ3n) is 3.96. The molecular formula is C14H22N2O3S2. The maximum atomic E-state index is 12.8. The molecule has 21 heavy (non-hydrogen) atoms. The van der Waals surface area contributed by atoms with Gasteiger partial charge in [0.1, 0.15) is 5.37 Å². The predicted octanol–water partition coefficient (Wildman–Crippen LogP) is 1.68. The van der Waals surface area contributed by atoms with Gasteiger partial charge in [-0.15, -0.1) is 0 Å². The lowest BCUT2D eigenvalue weighted by atomic mass is 10.2. The van der Waals surface area contributed by atoms with Crippen LogP contribution in [0.1, 0.15) is 28.7 Å². The van der Waals surface area contributed by atoms with E-state index in [2.05, 4.69) is 4.57 Å². The van der Waals surface area contributed by atoms with Crippen LogP contribution >= 0.6 is 11.8 Å². The normalized spacial score (nSPS) is 19.8. The topological polar surface area (TPSA) is 59.4 Å². The van der Waals surface area contributed by atoms with Crippen molar-refractivity contribution in [3.05, 3.63) is 23.0 Å². The Labute approximate surface area is 130 Å². The van der Waals surface area contributed by atoms with Crippen LogP contribution in [0.15, 0.2) is 6.07 Å². The maximum Gasteiger partial charge on any atom is 0.256 e. The van der Waals surface area contributed by atoms with E-state index in [1.165, 1.54) is 11.2 Å². The fourth-order valence-electron chi connectivity index (χ4n) is 2.83. The van der Waals surface area contributed by atoms with Gasteiger partial charge in [0.25, 0.3) is 5.91 Å². The zero-order valence-electron chi connectivity index (χ0n) is 12.9. The highest BCUT2D eigenvalue weighted by molar-refractivity contribution is 8.00. The molecule has 0 radical (unpaired) electrons. The lowest BCUT2D eigenvalue weighted by Gasteiger charge is -2.34. The molecule has 118 valence electrons. The van der Waals surface area contributed by atoms with Gasteiger partial charge in [0.2, 0.25) is 0 Å². The quantitative estimate of drug-likeness (QED) is 0.846. The van der Waals surface area contributed by atoms with Gasteiger partial charge in [-0.1, -0.05) is 0 Å². The van der Waals surface area contributed by atoms with Gasteiger partial charge in [0.15, 0.2) is 9.84 Å². The summed E-state index contributed by atoms with van der Waals surface area (Å²) >= 11 is 1.59. The summed E-state index contributed by atoms with van der Waals surface area (Å²) in [7, 11) is -3.27. The number of sulfone groups is 1. The maximum absolute atomic E-state index is 12.8. The molecule has 5 nitrogen and oxygen atoms in total. The van der Waals surface area contributed by atoms with Crippen molar-refractivity contribution in [1.82, 2.24) is 9.47 Å². The molecule has 1 aliphatic heterocycles. The van der Waals surface area contributed by atoms with Gasteiger partial charge in [-0.2, -0.15) is 11.8 Å².